The Kier molecular flexibility index (Phi) is 19.0. The van der Waals surface area contributed by atoms with E-state index in [1.165, 1.54) is 20.0 Å². The fraction of sp³-hybridized carbons (Fsp3) is 0.581. The Morgan fingerprint density at radius 1 is 1.18 bits per heavy atom. The van der Waals surface area contributed by atoms with E-state index >= 15 is 0 Å². The third-order valence-electron chi connectivity index (χ3n) is 6.37. The molecule has 1 unspecified atom stereocenters. The van der Waals surface area contributed by atoms with E-state index in [0.29, 0.717) is 13.0 Å². The van der Waals surface area contributed by atoms with E-state index in [1.807, 2.05) is 31.2 Å². The molecular formula is C31H50F3N3O2. The molecule has 2 N–H and O–H groups in total. The molecule has 0 radical (unpaired) electrons. The Morgan fingerprint density at radius 3 is 2.41 bits per heavy atom. The number of alkyl halides is 3. The number of halogens is 3. The standard InChI is InChI=1S/C26H37F3N2O.C4H8O.CH5N/c1-5-22(26(27,28)29)14-8-7-11-20-31-21-13-18-25(6-2,17-12-19-30(3)4)32-24-16-10-9-15-23(24)31;1-2-3-4-5;1-2/h5,7-11,14-16H,6,12-13,17-21H2,1-4H3;4H,2-3H2,1H3;2H2,1H3/b11-7+,14-8-,22-5+;;. The van der Waals surface area contributed by atoms with Gasteiger partial charge in [0.05, 0.1) is 11.3 Å². The zero-order chi connectivity index (χ0) is 29.7. The summed E-state index contributed by atoms with van der Waals surface area (Å²) in [6, 6.07) is 8.08. The monoisotopic (exact) mass is 553 g/mol. The summed E-state index contributed by atoms with van der Waals surface area (Å²) in [6.45, 7) is 8.11. The lowest BCUT2D eigenvalue weighted by atomic mass is 9.88. The van der Waals surface area contributed by atoms with Crippen molar-refractivity contribution >= 4 is 12.0 Å². The van der Waals surface area contributed by atoms with Gasteiger partial charge in [-0.25, -0.2) is 0 Å². The first-order chi connectivity index (χ1) is 18.6. The number of hydrogen-bond donors (Lipinski definition) is 1. The van der Waals surface area contributed by atoms with Gasteiger partial charge in [-0.2, -0.15) is 13.2 Å². The van der Waals surface area contributed by atoms with Crippen molar-refractivity contribution in [3.63, 3.8) is 0 Å². The molecule has 1 aliphatic rings. The summed E-state index contributed by atoms with van der Waals surface area (Å²) in [7, 11) is 5.69. The van der Waals surface area contributed by atoms with E-state index in [1.54, 1.807) is 6.08 Å². The Balaban J connectivity index is 0.00000185. The number of nitrogens with two attached hydrogens (primary N) is 1. The number of anilines is 1. The summed E-state index contributed by atoms with van der Waals surface area (Å²) in [5.74, 6) is 0.885. The summed E-state index contributed by atoms with van der Waals surface area (Å²) in [4.78, 5) is 13.8. The van der Waals surface area contributed by atoms with Crippen LogP contribution in [-0.2, 0) is 4.79 Å². The number of aldehydes is 1. The second-order valence-electron chi connectivity index (χ2n) is 9.55. The molecule has 0 saturated heterocycles. The lowest BCUT2D eigenvalue weighted by Gasteiger charge is -2.39. The molecule has 0 bridgehead atoms. The minimum atomic E-state index is -4.32. The first-order valence-electron chi connectivity index (χ1n) is 13.9. The fourth-order valence-corrected chi connectivity index (χ4v) is 4.21. The number of carbonyl (C=O) groups excluding carboxylic acids is 1. The van der Waals surface area contributed by atoms with Gasteiger partial charge in [-0.05, 0) is 85.3 Å². The highest BCUT2D eigenvalue weighted by atomic mass is 19.4. The average molecular weight is 554 g/mol. The first kappa shape index (κ1) is 36.4. The topological polar surface area (TPSA) is 58.8 Å². The van der Waals surface area contributed by atoms with Gasteiger partial charge in [0.15, 0.2) is 0 Å². The van der Waals surface area contributed by atoms with Crippen LogP contribution in [0.25, 0.3) is 0 Å². The normalized spacial score (nSPS) is 17.9. The molecule has 1 atom stereocenters. The number of allylic oxidation sites excluding steroid dienone is 5. The van der Waals surface area contributed by atoms with Crippen LogP contribution in [0.5, 0.6) is 5.75 Å². The highest BCUT2D eigenvalue weighted by Crippen LogP contribution is 2.38. The molecule has 0 saturated carbocycles. The lowest BCUT2D eigenvalue weighted by molar-refractivity contribution is -0.107. The van der Waals surface area contributed by atoms with E-state index in [4.69, 9.17) is 4.74 Å². The maximum absolute atomic E-state index is 12.8. The van der Waals surface area contributed by atoms with Crippen molar-refractivity contribution in [2.24, 2.45) is 5.73 Å². The maximum Gasteiger partial charge on any atom is 0.416 e. The molecule has 39 heavy (non-hydrogen) atoms. The largest absolute Gasteiger partial charge is 0.485 e. The van der Waals surface area contributed by atoms with Crippen LogP contribution in [0.4, 0.5) is 18.9 Å². The van der Waals surface area contributed by atoms with Crippen LogP contribution in [0.1, 0.15) is 65.7 Å². The SMILES string of the molecule is CCCC=O.CN.C\C=C(/C=C\C=C\CN1CCCC(CC)(CCCN(C)C)Oc2ccccc21)C(F)(F)F. The number of hydrogen-bond acceptors (Lipinski definition) is 5. The van der Waals surface area contributed by atoms with Crippen LogP contribution in [0.2, 0.25) is 0 Å². The second-order valence-corrected chi connectivity index (χ2v) is 9.55. The van der Waals surface area contributed by atoms with Gasteiger partial charge in [-0.1, -0.05) is 56.4 Å². The summed E-state index contributed by atoms with van der Waals surface area (Å²) >= 11 is 0. The second kappa shape index (κ2) is 20.3. The van der Waals surface area contributed by atoms with Gasteiger partial charge in [0, 0.05) is 19.5 Å². The van der Waals surface area contributed by atoms with Crippen LogP contribution in [-0.4, -0.2) is 63.7 Å². The Labute approximate surface area is 234 Å². The van der Waals surface area contributed by atoms with Crippen LogP contribution in [0.15, 0.2) is 60.2 Å². The quantitative estimate of drug-likeness (QED) is 0.230. The number of nitrogens with zero attached hydrogens (tertiary/aromatic N) is 2. The lowest BCUT2D eigenvalue weighted by Crippen LogP contribution is -2.40. The molecule has 0 aliphatic carbocycles. The van der Waals surface area contributed by atoms with Crippen LogP contribution in [0, 0.1) is 0 Å². The van der Waals surface area contributed by atoms with Gasteiger partial charge in [-0.3, -0.25) is 0 Å². The number of benzene rings is 1. The molecule has 8 heteroatoms. The van der Waals surface area contributed by atoms with Crippen LogP contribution in [0.3, 0.4) is 0 Å². The zero-order valence-corrected chi connectivity index (χ0v) is 24.8. The molecule has 1 aromatic rings. The number of ether oxygens (including phenoxy) is 1. The summed E-state index contributed by atoms with van der Waals surface area (Å²) in [5, 5.41) is 0. The molecule has 5 nitrogen and oxygen atoms in total. The minimum absolute atomic E-state index is 0.155. The van der Waals surface area contributed by atoms with Crippen molar-refractivity contribution in [3.8, 4) is 5.75 Å². The molecule has 1 aliphatic heterocycles. The Bertz CT molecular complexity index is 882. The van der Waals surface area contributed by atoms with Crippen molar-refractivity contribution in [1.82, 2.24) is 4.90 Å². The highest BCUT2D eigenvalue weighted by molar-refractivity contribution is 5.59. The number of unbranched alkanes of at least 4 members (excludes halogenated alkanes) is 1. The van der Waals surface area contributed by atoms with Gasteiger partial charge >= 0.3 is 6.18 Å². The Hall–Kier alpha value is -2.58. The van der Waals surface area contributed by atoms with Gasteiger partial charge in [0.25, 0.3) is 0 Å². The molecular weight excluding hydrogens is 503 g/mol. The van der Waals surface area contributed by atoms with Crippen molar-refractivity contribution < 1.29 is 22.7 Å². The molecule has 0 aromatic heterocycles. The molecule has 1 aromatic carbocycles. The predicted octanol–water partition coefficient (Wildman–Crippen LogP) is 7.34. The van der Waals surface area contributed by atoms with E-state index in [0.717, 1.165) is 81.5 Å². The predicted molar refractivity (Wildman–Crippen MR) is 159 cm³/mol. The van der Waals surface area contributed by atoms with Crippen molar-refractivity contribution in [1.29, 1.82) is 0 Å². The fourth-order valence-electron chi connectivity index (χ4n) is 4.21. The van der Waals surface area contributed by atoms with Gasteiger partial charge in [0.1, 0.15) is 17.6 Å². The third kappa shape index (κ3) is 14.4. The Morgan fingerprint density at radius 2 is 1.87 bits per heavy atom. The summed E-state index contributed by atoms with van der Waals surface area (Å²) in [5.41, 5.74) is 4.74. The molecule has 1 heterocycles. The maximum atomic E-state index is 12.8. The number of rotatable bonds is 11. The molecule has 2 rings (SSSR count). The van der Waals surface area contributed by atoms with E-state index in [2.05, 4.69) is 42.6 Å². The van der Waals surface area contributed by atoms with Crippen molar-refractivity contribution in [3.05, 3.63) is 60.2 Å². The zero-order valence-electron chi connectivity index (χ0n) is 24.8. The minimum Gasteiger partial charge on any atom is -0.485 e. The van der Waals surface area contributed by atoms with Crippen LogP contribution < -0.4 is 15.4 Å². The molecule has 0 amide bonds. The number of para-hydroxylation sites is 2. The third-order valence-corrected chi connectivity index (χ3v) is 6.37. The smallest absolute Gasteiger partial charge is 0.416 e. The van der Waals surface area contributed by atoms with Gasteiger partial charge in [-0.15, -0.1) is 0 Å². The first-order valence-corrected chi connectivity index (χ1v) is 13.9. The average Bonchev–Trinajstić information content (AvgIpc) is 2.89. The summed E-state index contributed by atoms with van der Waals surface area (Å²) in [6.07, 6.45) is 10.6. The molecule has 222 valence electrons. The van der Waals surface area contributed by atoms with Gasteiger partial charge in [0.2, 0.25) is 0 Å². The van der Waals surface area contributed by atoms with Crippen molar-refractivity contribution in [2.45, 2.75) is 77.5 Å². The highest BCUT2D eigenvalue weighted by Gasteiger charge is 2.33. The van der Waals surface area contributed by atoms with Crippen LogP contribution >= 0.6 is 0 Å². The van der Waals surface area contributed by atoms with E-state index in [-0.39, 0.29) is 5.60 Å². The molecule has 0 spiro atoms. The molecule has 0 fully saturated rings. The van der Waals surface area contributed by atoms with Gasteiger partial charge < -0.3 is 25.1 Å². The van der Waals surface area contributed by atoms with E-state index < -0.39 is 11.7 Å². The van der Waals surface area contributed by atoms with E-state index in [9.17, 15) is 18.0 Å². The van der Waals surface area contributed by atoms with Crippen molar-refractivity contribution in [2.75, 3.05) is 45.7 Å². The summed E-state index contributed by atoms with van der Waals surface area (Å²) < 4.78 is 45.1. The number of fused-ring (bicyclic) bond motifs is 1. The number of carbonyl (C=O) groups is 1.